The molecule has 0 aliphatic rings. The maximum atomic E-state index is 14.7. The molecule has 0 radical (unpaired) electrons. The molecule has 0 aliphatic carbocycles. The van der Waals surface area contributed by atoms with E-state index in [1.807, 2.05) is 26.0 Å². The van der Waals surface area contributed by atoms with Gasteiger partial charge in [-0.2, -0.15) is 0 Å². The monoisotopic (exact) mass is 645 g/mol. The summed E-state index contributed by atoms with van der Waals surface area (Å²) in [6.45, 7) is 0. The summed E-state index contributed by atoms with van der Waals surface area (Å²) in [7, 11) is 2.35. The van der Waals surface area contributed by atoms with E-state index < -0.39 is 123 Å². The topological polar surface area (TPSA) is 52.9 Å². The van der Waals surface area contributed by atoms with Gasteiger partial charge in [0.2, 0.25) is 17.5 Å². The van der Waals surface area contributed by atoms with E-state index in [4.69, 9.17) is 10.0 Å². The summed E-state index contributed by atoms with van der Waals surface area (Å²) in [6.07, 6.45) is 0. The van der Waals surface area contributed by atoms with E-state index in [2.05, 4.69) is 4.65 Å². The Morgan fingerprint density at radius 2 is 0.605 bits per heavy atom. The Morgan fingerprint density at radius 3 is 0.814 bits per heavy atom. The highest BCUT2D eigenvalue weighted by atomic mass is 19.2. The first-order valence-corrected chi connectivity index (χ1v) is 10.6. The SMILES string of the molecule is CN(C)C.OB(O)OC(=C(c1c(F)c(F)c(F)c(F)c1F)c1c(F)c(F)c(F)c(F)c1F)c1c(F)c(F)c(F)c(F)c1F. The van der Waals surface area contributed by atoms with Crippen LogP contribution in [0.1, 0.15) is 16.7 Å². The molecule has 0 atom stereocenters. The van der Waals surface area contributed by atoms with E-state index in [0.717, 1.165) is 0 Å². The summed E-state index contributed by atoms with van der Waals surface area (Å²) < 4.78 is 216. The van der Waals surface area contributed by atoms with Crippen LogP contribution in [0.4, 0.5) is 65.9 Å². The van der Waals surface area contributed by atoms with E-state index in [1.54, 1.807) is 0 Å². The van der Waals surface area contributed by atoms with Crippen molar-refractivity contribution < 1.29 is 80.6 Å². The highest BCUT2D eigenvalue weighted by molar-refractivity contribution is 6.35. The van der Waals surface area contributed by atoms with Crippen LogP contribution in [0.25, 0.3) is 11.3 Å². The standard InChI is InChI=1S/C20H2BF15O3.C3H9N/c22-5-2(6(23)12(29)17(34)11(5)28)1(3-7(24)13(30)18(35)14(31)8(3)25)20(39-21(37)38)4-9(26)15(32)19(36)16(33)10(4)27;1-4(2)3/h37-38H;1-3H3. The van der Waals surface area contributed by atoms with Gasteiger partial charge in [-0.3, -0.25) is 0 Å². The molecule has 3 rings (SSSR count). The number of hydrogen-bond donors (Lipinski definition) is 2. The molecule has 0 spiro atoms. The Bertz CT molecular complexity index is 1470. The van der Waals surface area contributed by atoms with Crippen molar-refractivity contribution in [1.29, 1.82) is 0 Å². The zero-order valence-corrected chi connectivity index (χ0v) is 21.0. The zero-order valence-electron chi connectivity index (χ0n) is 21.0. The minimum atomic E-state index is -3.65. The molecule has 0 unspecified atom stereocenters. The molecule has 0 heterocycles. The summed E-state index contributed by atoms with van der Waals surface area (Å²) in [5.74, 6) is -49.0. The first-order chi connectivity index (χ1) is 19.7. The fourth-order valence-corrected chi connectivity index (χ4v) is 3.15. The Hall–Kier alpha value is -3.91. The number of rotatable bonds is 5. The summed E-state index contributed by atoms with van der Waals surface area (Å²) in [6, 6.07) is 0. The summed E-state index contributed by atoms with van der Waals surface area (Å²) in [5, 5.41) is 18.2. The lowest BCUT2D eigenvalue weighted by atomic mass is 9.90. The van der Waals surface area contributed by atoms with Gasteiger partial charge in [0.05, 0.1) is 16.7 Å². The van der Waals surface area contributed by atoms with Crippen LogP contribution in [0, 0.1) is 87.3 Å². The van der Waals surface area contributed by atoms with E-state index >= 15 is 0 Å². The van der Waals surface area contributed by atoms with Crippen molar-refractivity contribution in [1.82, 2.24) is 4.90 Å². The molecule has 0 bridgehead atoms. The van der Waals surface area contributed by atoms with Crippen LogP contribution in [0.2, 0.25) is 0 Å². The summed E-state index contributed by atoms with van der Waals surface area (Å²) in [5.41, 5.74) is -11.2. The molecule has 3 aromatic rings. The van der Waals surface area contributed by atoms with Crippen LogP contribution in [0.15, 0.2) is 0 Å². The van der Waals surface area contributed by atoms with Gasteiger partial charge < -0.3 is 19.6 Å². The van der Waals surface area contributed by atoms with Crippen molar-refractivity contribution in [3.63, 3.8) is 0 Å². The number of nitrogens with zero attached hydrogens (tertiary/aromatic N) is 1. The van der Waals surface area contributed by atoms with Crippen molar-refractivity contribution >= 4 is 18.7 Å². The number of benzene rings is 3. The van der Waals surface area contributed by atoms with Gasteiger partial charge in [0.1, 0.15) is 5.76 Å². The third-order valence-corrected chi connectivity index (χ3v) is 4.81. The fourth-order valence-electron chi connectivity index (χ4n) is 3.15. The molecule has 2 N–H and O–H groups in total. The summed E-state index contributed by atoms with van der Waals surface area (Å²) >= 11 is 0. The van der Waals surface area contributed by atoms with E-state index in [9.17, 15) is 65.9 Å². The maximum absolute atomic E-state index is 14.7. The number of hydrogen-bond acceptors (Lipinski definition) is 4. The van der Waals surface area contributed by atoms with Crippen LogP contribution in [0.5, 0.6) is 0 Å². The van der Waals surface area contributed by atoms with Gasteiger partial charge in [-0.05, 0) is 21.1 Å². The third kappa shape index (κ3) is 6.40. The third-order valence-electron chi connectivity index (χ3n) is 4.81. The second kappa shape index (κ2) is 13.2. The average molecular weight is 645 g/mol. The van der Waals surface area contributed by atoms with E-state index in [0.29, 0.717) is 0 Å². The predicted molar refractivity (Wildman–Crippen MR) is 115 cm³/mol. The maximum Gasteiger partial charge on any atom is 0.707 e. The second-order valence-electron chi connectivity index (χ2n) is 8.32. The van der Waals surface area contributed by atoms with Crippen LogP contribution >= 0.6 is 0 Å². The Morgan fingerprint density at radius 1 is 0.419 bits per heavy atom. The van der Waals surface area contributed by atoms with E-state index in [-0.39, 0.29) is 0 Å². The summed E-state index contributed by atoms with van der Waals surface area (Å²) in [4.78, 5) is 2.00. The van der Waals surface area contributed by atoms with Crippen molar-refractivity contribution in [2.45, 2.75) is 0 Å². The molecule has 4 nitrogen and oxygen atoms in total. The molecule has 0 saturated heterocycles. The molecule has 20 heteroatoms. The number of halogens is 15. The minimum Gasteiger partial charge on any atom is -0.511 e. The molecule has 234 valence electrons. The van der Waals surface area contributed by atoms with Crippen molar-refractivity contribution in [2.75, 3.05) is 21.1 Å². The van der Waals surface area contributed by atoms with Crippen molar-refractivity contribution in [3.05, 3.63) is 104 Å². The van der Waals surface area contributed by atoms with Crippen LogP contribution < -0.4 is 0 Å². The molecular weight excluding hydrogens is 634 g/mol. The Balaban J connectivity index is 0.00000151. The molecule has 0 fully saturated rings. The highest BCUT2D eigenvalue weighted by Gasteiger charge is 2.40. The normalized spacial score (nSPS) is 11.0. The molecule has 3 aromatic carbocycles. The van der Waals surface area contributed by atoms with Crippen molar-refractivity contribution in [3.8, 4) is 0 Å². The Kier molecular flexibility index (Phi) is 10.8. The van der Waals surface area contributed by atoms with Gasteiger partial charge in [-0.25, -0.2) is 65.9 Å². The molecular formula is C23H11BF15NO3. The fraction of sp³-hybridized carbons (Fsp3) is 0.130. The molecule has 43 heavy (non-hydrogen) atoms. The van der Waals surface area contributed by atoms with Crippen LogP contribution in [-0.2, 0) is 4.65 Å². The first kappa shape index (κ1) is 35.3. The lowest BCUT2D eigenvalue weighted by Crippen LogP contribution is -2.21. The lowest BCUT2D eigenvalue weighted by molar-refractivity contribution is 0.268. The molecule has 0 saturated carbocycles. The van der Waals surface area contributed by atoms with Crippen LogP contribution in [-0.4, -0.2) is 43.4 Å². The van der Waals surface area contributed by atoms with Gasteiger partial charge in [0, 0.05) is 5.57 Å². The van der Waals surface area contributed by atoms with Gasteiger partial charge in [-0.1, -0.05) is 0 Å². The smallest absolute Gasteiger partial charge is 0.511 e. The largest absolute Gasteiger partial charge is 0.707 e. The van der Waals surface area contributed by atoms with E-state index in [1.165, 1.54) is 0 Å². The molecule has 0 aromatic heterocycles. The highest BCUT2D eigenvalue weighted by Crippen LogP contribution is 2.43. The molecule has 0 amide bonds. The lowest BCUT2D eigenvalue weighted by Gasteiger charge is -2.21. The second-order valence-corrected chi connectivity index (χ2v) is 8.32. The molecule has 0 aliphatic heterocycles. The van der Waals surface area contributed by atoms with Crippen molar-refractivity contribution in [2.24, 2.45) is 0 Å². The van der Waals surface area contributed by atoms with Gasteiger partial charge in [0.15, 0.2) is 69.8 Å². The van der Waals surface area contributed by atoms with Gasteiger partial charge in [0.25, 0.3) is 0 Å². The predicted octanol–water partition coefficient (Wildman–Crippen LogP) is 5.85. The van der Waals surface area contributed by atoms with Gasteiger partial charge in [-0.15, -0.1) is 0 Å². The minimum absolute atomic E-state index is 2.00. The zero-order chi connectivity index (χ0) is 33.4. The Labute approximate surface area is 230 Å². The average Bonchev–Trinajstić information content (AvgIpc) is 2.93. The van der Waals surface area contributed by atoms with Gasteiger partial charge >= 0.3 is 7.32 Å². The first-order valence-electron chi connectivity index (χ1n) is 10.6. The quantitative estimate of drug-likeness (QED) is 0.0914. The van der Waals surface area contributed by atoms with Crippen LogP contribution in [0.3, 0.4) is 0 Å².